The molecular formula is C23H25N3O4. The number of fused-ring (bicyclic) bond motifs is 1. The van der Waals surface area contributed by atoms with Gasteiger partial charge in [0.1, 0.15) is 22.9 Å². The quantitative estimate of drug-likeness (QED) is 0.557. The first-order chi connectivity index (χ1) is 14.5. The van der Waals surface area contributed by atoms with Crippen LogP contribution in [0.2, 0.25) is 0 Å². The smallest absolute Gasteiger partial charge is 0.273 e. The van der Waals surface area contributed by atoms with Crippen molar-refractivity contribution >= 4 is 5.91 Å². The minimum Gasteiger partial charge on any atom is -0.507 e. The number of aliphatic hydroxyl groups is 1. The average molecular weight is 407 g/mol. The molecule has 30 heavy (non-hydrogen) atoms. The second-order valence-corrected chi connectivity index (χ2v) is 7.43. The average Bonchev–Trinajstić information content (AvgIpc) is 3.28. The molecule has 1 aliphatic rings. The lowest BCUT2D eigenvalue weighted by atomic mass is 9.95. The Bertz CT molecular complexity index is 1080. The number of nitrogens with one attached hydrogen (secondary N) is 1. The Kier molecular flexibility index (Phi) is 5.46. The highest BCUT2D eigenvalue weighted by Crippen LogP contribution is 2.44. The van der Waals surface area contributed by atoms with Gasteiger partial charge in [-0.1, -0.05) is 30.7 Å². The first-order valence-electron chi connectivity index (χ1n) is 10.1. The monoisotopic (exact) mass is 407 g/mol. The number of β-amino-alcohol motifs (C(OH)–C–C–N with tert-alkyl or cyclic N) is 1. The van der Waals surface area contributed by atoms with E-state index in [4.69, 9.17) is 4.74 Å². The van der Waals surface area contributed by atoms with E-state index in [1.165, 1.54) is 0 Å². The number of benzene rings is 2. The van der Waals surface area contributed by atoms with Crippen LogP contribution in [0.15, 0.2) is 42.5 Å². The van der Waals surface area contributed by atoms with Crippen LogP contribution < -0.4 is 4.74 Å². The zero-order chi connectivity index (χ0) is 21.3. The molecule has 0 spiro atoms. The SMILES string of the molecule is CCCOc1cccc([C@H]2c3c(-c4cc(C)ccc4O)n[nH]c3C(=O)N2CCO)c1. The third kappa shape index (κ3) is 3.41. The molecule has 0 bridgehead atoms. The Morgan fingerprint density at radius 3 is 2.83 bits per heavy atom. The number of aromatic nitrogens is 2. The summed E-state index contributed by atoms with van der Waals surface area (Å²) in [6, 6.07) is 12.5. The molecule has 0 saturated carbocycles. The normalized spacial score (nSPS) is 15.5. The Balaban J connectivity index is 1.86. The molecule has 2 heterocycles. The van der Waals surface area contributed by atoms with E-state index >= 15 is 0 Å². The summed E-state index contributed by atoms with van der Waals surface area (Å²) >= 11 is 0. The van der Waals surface area contributed by atoms with Crippen molar-refractivity contribution in [2.75, 3.05) is 19.8 Å². The van der Waals surface area contributed by atoms with Crippen molar-refractivity contribution in [1.29, 1.82) is 0 Å². The number of aryl methyl sites for hydroxylation is 1. The first kappa shape index (κ1) is 20.0. The standard InChI is InChI=1S/C23H25N3O4/c1-3-11-30-16-6-4-5-15(13-16)22-19-20(17-12-14(2)7-8-18(17)28)24-25-21(19)23(29)26(22)9-10-27/h4-8,12-13,22,27-28H,3,9-11H2,1-2H3,(H,24,25)/t22-/m0/s1. The van der Waals surface area contributed by atoms with Crippen molar-refractivity contribution in [2.24, 2.45) is 0 Å². The van der Waals surface area contributed by atoms with E-state index < -0.39 is 6.04 Å². The summed E-state index contributed by atoms with van der Waals surface area (Å²) in [5.74, 6) is 0.596. The van der Waals surface area contributed by atoms with Gasteiger partial charge in [-0.05, 0) is 43.2 Å². The van der Waals surface area contributed by atoms with Crippen LogP contribution in [0.3, 0.4) is 0 Å². The van der Waals surface area contributed by atoms with Gasteiger partial charge in [-0.15, -0.1) is 0 Å². The van der Waals surface area contributed by atoms with Gasteiger partial charge in [-0.3, -0.25) is 9.89 Å². The van der Waals surface area contributed by atoms with Crippen molar-refractivity contribution in [2.45, 2.75) is 26.3 Å². The number of aliphatic hydroxyl groups excluding tert-OH is 1. The third-order valence-electron chi connectivity index (χ3n) is 5.26. The number of nitrogens with zero attached hydrogens (tertiary/aromatic N) is 2. The van der Waals surface area contributed by atoms with Crippen LogP contribution in [0.25, 0.3) is 11.3 Å². The van der Waals surface area contributed by atoms with Crippen LogP contribution in [0.1, 0.15) is 46.6 Å². The lowest BCUT2D eigenvalue weighted by Gasteiger charge is -2.26. The molecule has 3 N–H and O–H groups in total. The largest absolute Gasteiger partial charge is 0.507 e. The molecule has 1 aromatic heterocycles. The van der Waals surface area contributed by atoms with Crippen LogP contribution in [-0.2, 0) is 0 Å². The van der Waals surface area contributed by atoms with Crippen molar-refractivity contribution < 1.29 is 19.7 Å². The van der Waals surface area contributed by atoms with Crippen molar-refractivity contribution in [3.63, 3.8) is 0 Å². The fourth-order valence-corrected chi connectivity index (χ4v) is 3.92. The van der Waals surface area contributed by atoms with Gasteiger partial charge in [-0.2, -0.15) is 5.10 Å². The highest BCUT2D eigenvalue weighted by atomic mass is 16.5. The lowest BCUT2D eigenvalue weighted by Crippen LogP contribution is -2.32. The van der Waals surface area contributed by atoms with Crippen LogP contribution in [0.4, 0.5) is 0 Å². The first-order valence-corrected chi connectivity index (χ1v) is 10.1. The number of phenols is 1. The second-order valence-electron chi connectivity index (χ2n) is 7.43. The van der Waals surface area contributed by atoms with Gasteiger partial charge < -0.3 is 19.8 Å². The van der Waals surface area contributed by atoms with Gasteiger partial charge in [-0.25, -0.2) is 0 Å². The Morgan fingerprint density at radius 2 is 2.07 bits per heavy atom. The predicted molar refractivity (Wildman–Crippen MR) is 113 cm³/mol. The molecule has 0 aliphatic carbocycles. The number of hydrogen-bond acceptors (Lipinski definition) is 5. The molecule has 3 aromatic rings. The molecule has 1 atom stereocenters. The van der Waals surface area contributed by atoms with E-state index in [-0.39, 0.29) is 24.8 Å². The number of amides is 1. The third-order valence-corrected chi connectivity index (χ3v) is 5.26. The Morgan fingerprint density at radius 1 is 1.23 bits per heavy atom. The molecule has 0 radical (unpaired) electrons. The number of carbonyl (C=O) groups is 1. The highest BCUT2D eigenvalue weighted by molar-refractivity contribution is 6.00. The molecule has 0 unspecified atom stereocenters. The van der Waals surface area contributed by atoms with Gasteiger partial charge in [0.05, 0.1) is 19.3 Å². The van der Waals surface area contributed by atoms with Gasteiger partial charge in [0.15, 0.2) is 0 Å². The maximum atomic E-state index is 13.1. The van der Waals surface area contributed by atoms with Crippen molar-refractivity contribution in [3.8, 4) is 22.8 Å². The fourth-order valence-electron chi connectivity index (χ4n) is 3.92. The summed E-state index contributed by atoms with van der Waals surface area (Å²) < 4.78 is 5.78. The van der Waals surface area contributed by atoms with Gasteiger partial charge in [0.25, 0.3) is 5.91 Å². The summed E-state index contributed by atoms with van der Waals surface area (Å²) in [5, 5.41) is 27.3. The number of hydrogen-bond donors (Lipinski definition) is 3. The van der Waals surface area contributed by atoms with Crippen molar-refractivity contribution in [3.05, 3.63) is 64.8 Å². The number of aromatic amines is 1. The molecule has 156 valence electrons. The number of phenolic OH excluding ortho intramolecular Hbond substituents is 1. The van der Waals surface area contributed by atoms with E-state index in [2.05, 4.69) is 10.2 Å². The molecule has 0 fully saturated rings. The molecule has 4 rings (SSSR count). The topological polar surface area (TPSA) is 98.7 Å². The minimum absolute atomic E-state index is 0.0988. The summed E-state index contributed by atoms with van der Waals surface area (Å²) in [5.41, 5.74) is 4.01. The molecule has 0 saturated heterocycles. The lowest BCUT2D eigenvalue weighted by molar-refractivity contribution is 0.0706. The minimum atomic E-state index is -0.446. The molecule has 1 aliphatic heterocycles. The summed E-state index contributed by atoms with van der Waals surface area (Å²) in [7, 11) is 0. The number of aromatic hydroxyl groups is 1. The van der Waals surface area contributed by atoms with Gasteiger partial charge in [0, 0.05) is 17.7 Å². The van der Waals surface area contributed by atoms with Crippen LogP contribution in [-0.4, -0.2) is 51.0 Å². The molecule has 7 heteroatoms. The van der Waals surface area contributed by atoms with E-state index in [0.29, 0.717) is 29.1 Å². The number of H-pyrrole nitrogens is 1. The van der Waals surface area contributed by atoms with Gasteiger partial charge >= 0.3 is 0 Å². The van der Waals surface area contributed by atoms with E-state index in [1.54, 1.807) is 11.0 Å². The summed E-state index contributed by atoms with van der Waals surface area (Å²) in [6.45, 7) is 4.61. The molecular weight excluding hydrogens is 382 g/mol. The highest BCUT2D eigenvalue weighted by Gasteiger charge is 2.42. The molecule has 2 aromatic carbocycles. The number of carbonyl (C=O) groups excluding carboxylic acids is 1. The van der Waals surface area contributed by atoms with Gasteiger partial charge in [0.2, 0.25) is 0 Å². The van der Waals surface area contributed by atoms with E-state index in [9.17, 15) is 15.0 Å². The fraction of sp³-hybridized carbons (Fsp3) is 0.304. The second kappa shape index (κ2) is 8.20. The predicted octanol–water partition coefficient (Wildman–Crippen LogP) is 3.42. The van der Waals surface area contributed by atoms with Crippen LogP contribution in [0, 0.1) is 6.92 Å². The zero-order valence-corrected chi connectivity index (χ0v) is 17.1. The molecule has 1 amide bonds. The maximum absolute atomic E-state index is 13.1. The maximum Gasteiger partial charge on any atom is 0.273 e. The van der Waals surface area contributed by atoms with Crippen LogP contribution in [0.5, 0.6) is 11.5 Å². The van der Waals surface area contributed by atoms with Crippen molar-refractivity contribution in [1.82, 2.24) is 15.1 Å². The number of ether oxygens (including phenoxy) is 1. The van der Waals surface area contributed by atoms with Crippen LogP contribution >= 0.6 is 0 Å². The number of rotatable bonds is 7. The summed E-state index contributed by atoms with van der Waals surface area (Å²) in [4.78, 5) is 14.7. The van der Waals surface area contributed by atoms with E-state index in [1.807, 2.05) is 50.2 Å². The zero-order valence-electron chi connectivity index (χ0n) is 17.1. The Hall–Kier alpha value is -3.32. The molecule has 7 nitrogen and oxygen atoms in total. The Labute approximate surface area is 174 Å². The van der Waals surface area contributed by atoms with E-state index in [0.717, 1.165) is 23.3 Å². The summed E-state index contributed by atoms with van der Waals surface area (Å²) in [6.07, 6.45) is 0.894.